The fourth-order valence-electron chi connectivity index (χ4n) is 1.71. The molecule has 0 spiro atoms. The van der Waals surface area contributed by atoms with Gasteiger partial charge in [0.25, 0.3) is 0 Å². The van der Waals surface area contributed by atoms with Gasteiger partial charge in [-0.25, -0.2) is 4.79 Å². The van der Waals surface area contributed by atoms with Crippen LogP contribution in [0.15, 0.2) is 45.6 Å². The first kappa shape index (κ1) is 12.9. The fraction of sp³-hybridized carbons (Fsp3) is 0.143. The lowest BCUT2D eigenvalue weighted by Crippen LogP contribution is -2.19. The van der Waals surface area contributed by atoms with E-state index in [1.165, 1.54) is 6.92 Å². The van der Waals surface area contributed by atoms with Gasteiger partial charge < -0.3 is 9.84 Å². The third kappa shape index (κ3) is 3.01. The number of benzene rings is 1. The predicted octanol–water partition coefficient (Wildman–Crippen LogP) is 2.59. The molecule has 0 bridgehead atoms. The predicted molar refractivity (Wildman–Crippen MR) is 73.4 cm³/mol. The largest absolute Gasteiger partial charge is 0.428 e. The molecule has 1 aromatic carbocycles. The van der Waals surface area contributed by atoms with Crippen molar-refractivity contribution in [2.45, 2.75) is 13.8 Å². The van der Waals surface area contributed by atoms with Crippen molar-refractivity contribution in [1.82, 2.24) is 0 Å². The molecule has 0 aliphatic rings. The number of hydrogen-bond donors (Lipinski definition) is 2. The molecule has 2 aromatic rings. The first-order valence-electron chi connectivity index (χ1n) is 5.80. The van der Waals surface area contributed by atoms with E-state index >= 15 is 0 Å². The summed E-state index contributed by atoms with van der Waals surface area (Å²) >= 11 is 0. The number of para-hydroxylation sites is 1. The van der Waals surface area contributed by atoms with Crippen molar-refractivity contribution in [3.63, 3.8) is 0 Å². The molecule has 5 nitrogen and oxygen atoms in total. The van der Waals surface area contributed by atoms with Gasteiger partial charge >= 0.3 is 5.63 Å². The Morgan fingerprint density at radius 1 is 1.16 bits per heavy atom. The van der Waals surface area contributed by atoms with Crippen molar-refractivity contribution in [3.05, 3.63) is 58.1 Å². The second-order valence-electron chi connectivity index (χ2n) is 4.11. The van der Waals surface area contributed by atoms with Gasteiger partial charge in [0.05, 0.1) is 11.4 Å². The van der Waals surface area contributed by atoms with Crippen molar-refractivity contribution in [2.24, 2.45) is 0 Å². The molecule has 2 N–H and O–H groups in total. The molecule has 1 heterocycles. The molecule has 0 amide bonds. The lowest BCUT2D eigenvalue weighted by atomic mass is 10.1. The van der Waals surface area contributed by atoms with Crippen LogP contribution in [0.5, 0.6) is 0 Å². The minimum Gasteiger partial charge on any atom is -0.428 e. The van der Waals surface area contributed by atoms with Gasteiger partial charge in [-0.05, 0) is 26.0 Å². The molecule has 19 heavy (non-hydrogen) atoms. The highest BCUT2D eigenvalue weighted by atomic mass is 16.4. The van der Waals surface area contributed by atoms with E-state index in [0.717, 1.165) is 5.69 Å². The average Bonchev–Trinajstić information content (AvgIpc) is 2.36. The minimum atomic E-state index is -0.634. The van der Waals surface area contributed by atoms with Crippen LogP contribution in [0.1, 0.15) is 23.0 Å². The molecule has 0 atom stereocenters. The van der Waals surface area contributed by atoms with Gasteiger partial charge in [-0.2, -0.15) is 0 Å². The number of nitrogens with one attached hydrogen (secondary N) is 2. The number of ketones is 1. The van der Waals surface area contributed by atoms with Crippen LogP contribution in [-0.2, 0) is 0 Å². The topological polar surface area (TPSA) is 71.3 Å². The Balaban J connectivity index is 2.29. The van der Waals surface area contributed by atoms with Crippen molar-refractivity contribution < 1.29 is 9.21 Å². The summed E-state index contributed by atoms with van der Waals surface area (Å²) in [4.78, 5) is 23.1. The van der Waals surface area contributed by atoms with Crippen molar-refractivity contribution in [1.29, 1.82) is 0 Å². The molecule has 0 aliphatic carbocycles. The monoisotopic (exact) mass is 258 g/mol. The van der Waals surface area contributed by atoms with E-state index in [4.69, 9.17) is 4.42 Å². The number of anilines is 2. The molecule has 2 rings (SSSR count). The Morgan fingerprint density at radius 3 is 2.47 bits per heavy atom. The summed E-state index contributed by atoms with van der Waals surface area (Å²) in [5.41, 5.74) is 6.39. The summed E-state index contributed by atoms with van der Waals surface area (Å²) < 4.78 is 4.92. The summed E-state index contributed by atoms with van der Waals surface area (Å²) in [6, 6.07) is 11.0. The van der Waals surface area contributed by atoms with E-state index in [9.17, 15) is 9.59 Å². The zero-order valence-electron chi connectivity index (χ0n) is 10.7. The van der Waals surface area contributed by atoms with Crippen LogP contribution < -0.4 is 16.5 Å². The molecule has 0 aliphatic heterocycles. The lowest BCUT2D eigenvalue weighted by Gasteiger charge is -2.12. The zero-order chi connectivity index (χ0) is 13.8. The second-order valence-corrected chi connectivity index (χ2v) is 4.11. The van der Waals surface area contributed by atoms with Gasteiger partial charge in [-0.1, -0.05) is 18.2 Å². The minimum absolute atomic E-state index is 0.00836. The summed E-state index contributed by atoms with van der Waals surface area (Å²) in [5, 5.41) is 0. The van der Waals surface area contributed by atoms with Crippen LogP contribution in [0, 0.1) is 6.92 Å². The Hall–Kier alpha value is -2.56. The van der Waals surface area contributed by atoms with Gasteiger partial charge in [-0.3, -0.25) is 10.2 Å². The molecule has 0 unspecified atom stereocenters. The van der Waals surface area contributed by atoms with Crippen LogP contribution in [0.3, 0.4) is 0 Å². The number of carbonyl (C=O) groups excluding carboxylic acids is 1. The Bertz CT molecular complexity index is 647. The van der Waals surface area contributed by atoms with Gasteiger partial charge in [0.15, 0.2) is 5.78 Å². The van der Waals surface area contributed by atoms with E-state index in [2.05, 4.69) is 10.9 Å². The van der Waals surface area contributed by atoms with Crippen LogP contribution in [0.4, 0.5) is 11.4 Å². The third-order valence-electron chi connectivity index (χ3n) is 2.54. The number of Topliss-reactive ketones (excluding diaryl/α,β-unsaturated/α-hetero) is 1. The average molecular weight is 258 g/mol. The van der Waals surface area contributed by atoms with Crippen molar-refractivity contribution >= 4 is 17.2 Å². The Labute approximate surface area is 110 Å². The SMILES string of the molecule is CC(=O)c1c(NNc2ccccc2)cc(C)oc1=O. The number of carbonyl (C=O) groups is 1. The number of hydrazine groups is 1. The number of aryl methyl sites for hydroxylation is 1. The van der Waals surface area contributed by atoms with Crippen molar-refractivity contribution in [3.8, 4) is 0 Å². The summed E-state index contributed by atoms with van der Waals surface area (Å²) in [6.45, 7) is 2.98. The smallest absolute Gasteiger partial charge is 0.349 e. The summed E-state index contributed by atoms with van der Waals surface area (Å²) in [6.07, 6.45) is 0. The van der Waals surface area contributed by atoms with Gasteiger partial charge in [-0.15, -0.1) is 0 Å². The highest BCUT2D eigenvalue weighted by Gasteiger charge is 2.14. The normalized spacial score (nSPS) is 10.0. The van der Waals surface area contributed by atoms with Gasteiger partial charge in [0.2, 0.25) is 0 Å². The highest BCUT2D eigenvalue weighted by Crippen LogP contribution is 2.15. The summed E-state index contributed by atoms with van der Waals surface area (Å²) in [5.74, 6) is 0.0958. The van der Waals surface area contributed by atoms with Crippen LogP contribution >= 0.6 is 0 Å². The summed E-state index contributed by atoms with van der Waals surface area (Å²) in [7, 11) is 0. The molecule has 0 radical (unpaired) electrons. The van der Waals surface area contributed by atoms with E-state index in [1.54, 1.807) is 13.0 Å². The Morgan fingerprint density at radius 2 is 1.84 bits per heavy atom. The van der Waals surface area contributed by atoms with Gasteiger partial charge in [0.1, 0.15) is 11.3 Å². The van der Waals surface area contributed by atoms with Gasteiger partial charge in [0, 0.05) is 6.07 Å². The number of rotatable bonds is 4. The molecule has 0 fully saturated rings. The quantitative estimate of drug-likeness (QED) is 0.651. The van der Waals surface area contributed by atoms with E-state index in [0.29, 0.717) is 11.4 Å². The molecular weight excluding hydrogens is 244 g/mol. The molecule has 0 saturated carbocycles. The van der Waals surface area contributed by atoms with Crippen LogP contribution in [0.25, 0.3) is 0 Å². The first-order valence-corrected chi connectivity index (χ1v) is 5.80. The number of hydrogen-bond acceptors (Lipinski definition) is 5. The maximum atomic E-state index is 11.7. The fourth-order valence-corrected chi connectivity index (χ4v) is 1.71. The van der Waals surface area contributed by atoms with Crippen molar-refractivity contribution in [2.75, 3.05) is 10.9 Å². The molecule has 5 heteroatoms. The zero-order valence-corrected chi connectivity index (χ0v) is 10.7. The molecular formula is C14H14N2O3. The Kier molecular flexibility index (Phi) is 3.66. The first-order chi connectivity index (χ1) is 9.08. The molecule has 0 saturated heterocycles. The molecule has 98 valence electrons. The van der Waals surface area contributed by atoms with E-state index in [1.807, 2.05) is 30.3 Å². The standard InChI is InChI=1S/C14H14N2O3/c1-9-8-12(13(10(2)17)14(18)19-9)16-15-11-6-4-3-5-7-11/h3-8,15-16H,1-2H3. The highest BCUT2D eigenvalue weighted by molar-refractivity contribution is 5.99. The third-order valence-corrected chi connectivity index (χ3v) is 2.54. The van der Waals surface area contributed by atoms with Crippen LogP contribution in [-0.4, -0.2) is 5.78 Å². The molecule has 1 aromatic heterocycles. The lowest BCUT2D eigenvalue weighted by molar-refractivity contribution is 0.101. The maximum absolute atomic E-state index is 11.7. The maximum Gasteiger partial charge on any atom is 0.349 e. The van der Waals surface area contributed by atoms with Crippen LogP contribution in [0.2, 0.25) is 0 Å². The van der Waals surface area contributed by atoms with E-state index < -0.39 is 5.63 Å². The van der Waals surface area contributed by atoms with E-state index in [-0.39, 0.29) is 11.3 Å². The second kappa shape index (κ2) is 5.39.